The molecule has 0 saturated heterocycles. The highest BCUT2D eigenvalue weighted by Crippen LogP contribution is 2.29. The number of esters is 1. The Morgan fingerprint density at radius 3 is 2.05 bits per heavy atom. The molecule has 0 aliphatic heterocycles. The highest BCUT2D eigenvalue weighted by molar-refractivity contribution is 7.07. The molecule has 2 nitrogen and oxygen atoms in total. The lowest BCUT2D eigenvalue weighted by atomic mass is 10.2. The molecule has 0 atom stereocenters. The second-order valence-electron chi connectivity index (χ2n) is 3.68. The number of hydrogen-bond donors (Lipinski definition) is 0. The van der Waals surface area contributed by atoms with Crippen molar-refractivity contribution < 1.29 is 31.5 Å². The second kappa shape index (κ2) is 5.58. The number of carbonyl (C=O) groups is 1. The fourth-order valence-corrected chi connectivity index (χ4v) is 2.05. The number of carbonyl (C=O) groups excluding carboxylic acids is 1. The minimum Gasteiger partial charge on any atom is -0.420 e. The van der Waals surface area contributed by atoms with Gasteiger partial charge in [-0.05, 0) is 22.4 Å². The maximum Gasteiger partial charge on any atom is 0.315 e. The lowest BCUT2D eigenvalue weighted by Gasteiger charge is -2.08. The summed E-state index contributed by atoms with van der Waals surface area (Å²) in [6.07, 6.45) is -0.344. The van der Waals surface area contributed by atoms with Crippen LogP contribution < -0.4 is 4.74 Å². The first-order valence-electron chi connectivity index (χ1n) is 5.15. The van der Waals surface area contributed by atoms with Gasteiger partial charge in [0.15, 0.2) is 0 Å². The van der Waals surface area contributed by atoms with E-state index in [9.17, 15) is 26.7 Å². The van der Waals surface area contributed by atoms with Gasteiger partial charge in [0.05, 0.1) is 6.42 Å². The van der Waals surface area contributed by atoms with Crippen molar-refractivity contribution in [3.8, 4) is 5.75 Å². The molecule has 1 aromatic heterocycles. The molecule has 1 aromatic carbocycles. The Hall–Kier alpha value is -1.96. The monoisotopic (exact) mass is 308 g/mol. The summed E-state index contributed by atoms with van der Waals surface area (Å²) in [5, 5.41) is 3.24. The van der Waals surface area contributed by atoms with Crippen LogP contribution in [0.15, 0.2) is 16.8 Å². The number of thiophene rings is 1. The highest BCUT2D eigenvalue weighted by atomic mass is 32.1. The molecule has 0 saturated carbocycles. The Labute approximate surface area is 113 Å². The summed E-state index contributed by atoms with van der Waals surface area (Å²) in [4.78, 5) is 11.4. The van der Waals surface area contributed by atoms with Gasteiger partial charge in [0, 0.05) is 0 Å². The smallest absolute Gasteiger partial charge is 0.315 e. The van der Waals surface area contributed by atoms with E-state index >= 15 is 0 Å². The van der Waals surface area contributed by atoms with Crippen LogP contribution >= 0.6 is 11.3 Å². The molecular weight excluding hydrogens is 303 g/mol. The molecule has 0 spiro atoms. The van der Waals surface area contributed by atoms with Crippen LogP contribution in [0, 0.1) is 29.1 Å². The van der Waals surface area contributed by atoms with E-state index in [0.29, 0.717) is 5.56 Å². The van der Waals surface area contributed by atoms with E-state index in [1.165, 1.54) is 11.3 Å². The van der Waals surface area contributed by atoms with Crippen LogP contribution in [-0.2, 0) is 11.2 Å². The van der Waals surface area contributed by atoms with E-state index in [4.69, 9.17) is 0 Å². The Balaban J connectivity index is 2.27. The molecule has 2 aromatic rings. The first-order valence-corrected chi connectivity index (χ1v) is 6.09. The topological polar surface area (TPSA) is 26.3 Å². The fraction of sp³-hybridized carbons (Fsp3) is 0.0833. The van der Waals surface area contributed by atoms with Gasteiger partial charge in [0.1, 0.15) is 0 Å². The number of rotatable bonds is 3. The lowest BCUT2D eigenvalue weighted by molar-refractivity contribution is -0.134. The number of ether oxygens (including phenoxy) is 1. The van der Waals surface area contributed by atoms with Gasteiger partial charge in [-0.1, -0.05) is 0 Å². The quantitative estimate of drug-likeness (QED) is 0.285. The van der Waals surface area contributed by atoms with Crippen LogP contribution in [0.25, 0.3) is 0 Å². The molecule has 1 heterocycles. The van der Waals surface area contributed by atoms with E-state index in [-0.39, 0.29) is 6.42 Å². The van der Waals surface area contributed by atoms with Crippen LogP contribution in [0.1, 0.15) is 5.56 Å². The van der Waals surface area contributed by atoms with Crippen molar-refractivity contribution in [2.75, 3.05) is 0 Å². The fourth-order valence-electron chi connectivity index (χ4n) is 1.38. The molecular formula is C12H5F5O2S. The minimum absolute atomic E-state index is 0.344. The van der Waals surface area contributed by atoms with Gasteiger partial charge in [-0.25, -0.2) is 13.2 Å². The highest BCUT2D eigenvalue weighted by Gasteiger charge is 2.28. The third-order valence-electron chi connectivity index (χ3n) is 2.31. The summed E-state index contributed by atoms with van der Waals surface area (Å²) >= 11 is 1.28. The van der Waals surface area contributed by atoms with Crippen molar-refractivity contribution in [3.05, 3.63) is 51.5 Å². The zero-order chi connectivity index (χ0) is 14.9. The SMILES string of the molecule is O=C(Cc1ccsc1)Oc1c(F)c(F)c(F)c(F)c1F. The van der Waals surface area contributed by atoms with Crippen LogP contribution in [0.5, 0.6) is 5.75 Å². The van der Waals surface area contributed by atoms with E-state index in [0.717, 1.165) is 0 Å². The van der Waals surface area contributed by atoms with Crippen molar-refractivity contribution in [3.63, 3.8) is 0 Å². The maximum atomic E-state index is 13.2. The molecule has 0 amide bonds. The van der Waals surface area contributed by atoms with Crippen molar-refractivity contribution >= 4 is 17.3 Å². The van der Waals surface area contributed by atoms with Gasteiger partial charge in [-0.15, -0.1) is 0 Å². The Morgan fingerprint density at radius 1 is 1.00 bits per heavy atom. The molecule has 0 N–H and O–H groups in total. The van der Waals surface area contributed by atoms with Gasteiger partial charge in [0.2, 0.25) is 34.8 Å². The van der Waals surface area contributed by atoms with Crippen molar-refractivity contribution in [2.24, 2.45) is 0 Å². The number of hydrogen-bond acceptors (Lipinski definition) is 3. The molecule has 0 unspecified atom stereocenters. The maximum absolute atomic E-state index is 13.2. The largest absolute Gasteiger partial charge is 0.420 e. The van der Waals surface area contributed by atoms with Crippen molar-refractivity contribution in [2.45, 2.75) is 6.42 Å². The van der Waals surface area contributed by atoms with Gasteiger partial charge in [-0.2, -0.15) is 20.1 Å². The lowest BCUT2D eigenvalue weighted by Crippen LogP contribution is -2.15. The molecule has 0 radical (unpaired) electrons. The molecule has 8 heteroatoms. The van der Waals surface area contributed by atoms with E-state index < -0.39 is 40.8 Å². The zero-order valence-electron chi connectivity index (χ0n) is 9.55. The van der Waals surface area contributed by atoms with Crippen LogP contribution in [0.2, 0.25) is 0 Å². The van der Waals surface area contributed by atoms with Gasteiger partial charge in [0.25, 0.3) is 0 Å². The molecule has 106 valence electrons. The van der Waals surface area contributed by atoms with Crippen molar-refractivity contribution in [1.82, 2.24) is 0 Å². The summed E-state index contributed by atoms with van der Waals surface area (Å²) in [6, 6.07) is 1.56. The summed E-state index contributed by atoms with van der Waals surface area (Å²) in [5.74, 6) is -13.7. The normalized spacial score (nSPS) is 10.7. The Kier molecular flexibility index (Phi) is 4.03. The van der Waals surface area contributed by atoms with Crippen LogP contribution in [0.3, 0.4) is 0 Å². The predicted octanol–water partition coefficient (Wildman–Crippen LogP) is 3.59. The van der Waals surface area contributed by atoms with Crippen LogP contribution in [0.4, 0.5) is 22.0 Å². The number of benzene rings is 1. The first kappa shape index (κ1) is 14.4. The third-order valence-corrected chi connectivity index (χ3v) is 3.05. The molecule has 2 rings (SSSR count). The summed E-state index contributed by atoms with van der Waals surface area (Å²) in [5.41, 5.74) is 0.504. The molecule has 0 fully saturated rings. The predicted molar refractivity (Wildman–Crippen MR) is 59.9 cm³/mol. The van der Waals surface area contributed by atoms with E-state index in [1.807, 2.05) is 0 Å². The molecule has 0 aliphatic rings. The van der Waals surface area contributed by atoms with E-state index in [2.05, 4.69) is 4.74 Å². The Morgan fingerprint density at radius 2 is 1.55 bits per heavy atom. The molecule has 20 heavy (non-hydrogen) atoms. The summed E-state index contributed by atoms with van der Waals surface area (Å²) < 4.78 is 69.3. The van der Waals surface area contributed by atoms with Gasteiger partial charge in [-0.3, -0.25) is 4.79 Å². The zero-order valence-corrected chi connectivity index (χ0v) is 10.4. The average Bonchev–Trinajstić information content (AvgIpc) is 2.92. The standard InChI is InChI=1S/C12H5F5O2S/c13-7-8(14)10(16)12(11(17)9(7)15)19-6(18)3-5-1-2-20-4-5/h1-2,4H,3H2. The Bertz CT molecular complexity index is 625. The number of halogens is 5. The summed E-state index contributed by atoms with van der Waals surface area (Å²) in [6.45, 7) is 0. The average molecular weight is 308 g/mol. The third kappa shape index (κ3) is 2.64. The minimum atomic E-state index is -2.31. The first-order chi connectivity index (χ1) is 9.41. The van der Waals surface area contributed by atoms with E-state index in [1.54, 1.807) is 16.8 Å². The second-order valence-corrected chi connectivity index (χ2v) is 4.46. The van der Waals surface area contributed by atoms with Crippen LogP contribution in [-0.4, -0.2) is 5.97 Å². The molecule has 0 aliphatic carbocycles. The van der Waals surface area contributed by atoms with Crippen molar-refractivity contribution in [1.29, 1.82) is 0 Å². The molecule has 0 bridgehead atoms. The van der Waals surface area contributed by atoms with Gasteiger partial charge >= 0.3 is 5.97 Å². The van der Waals surface area contributed by atoms with Gasteiger partial charge < -0.3 is 4.74 Å². The summed E-state index contributed by atoms with van der Waals surface area (Å²) in [7, 11) is 0.